The number of methoxy groups -OCH3 is 1. The Morgan fingerprint density at radius 1 is 1.21 bits per heavy atom. The second-order valence-electron chi connectivity index (χ2n) is 8.79. The summed E-state index contributed by atoms with van der Waals surface area (Å²) in [5.41, 5.74) is 3.68. The van der Waals surface area contributed by atoms with Crippen LogP contribution in [0.5, 0.6) is 0 Å². The van der Waals surface area contributed by atoms with E-state index in [1.165, 1.54) is 0 Å². The normalized spacial score (nSPS) is 18.1. The third-order valence-electron chi connectivity index (χ3n) is 6.79. The lowest BCUT2D eigenvalue weighted by Crippen LogP contribution is -2.40. The first-order valence-corrected chi connectivity index (χ1v) is 11.4. The van der Waals surface area contributed by atoms with Crippen LogP contribution in [0.1, 0.15) is 46.9 Å². The summed E-state index contributed by atoms with van der Waals surface area (Å²) in [5.74, 6) is 0.981. The maximum Gasteiger partial charge on any atom is 0.294 e. The molecule has 0 radical (unpaired) electrons. The van der Waals surface area contributed by atoms with Crippen LogP contribution in [0.2, 0.25) is 5.02 Å². The Kier molecular flexibility index (Phi) is 4.74. The molecular weight excluding hydrogens is 442 g/mol. The zero-order valence-corrected chi connectivity index (χ0v) is 18.8. The van der Waals surface area contributed by atoms with Gasteiger partial charge in [0, 0.05) is 29.3 Å². The van der Waals surface area contributed by atoms with Gasteiger partial charge in [-0.05, 0) is 61.2 Å². The van der Waals surface area contributed by atoms with Crippen molar-refractivity contribution in [1.29, 1.82) is 0 Å². The molecule has 8 nitrogen and oxygen atoms in total. The van der Waals surface area contributed by atoms with Crippen molar-refractivity contribution >= 4 is 39.9 Å². The van der Waals surface area contributed by atoms with Crippen molar-refractivity contribution in [2.24, 2.45) is 0 Å². The number of nitrogens with zero attached hydrogens (tertiary/aromatic N) is 4. The summed E-state index contributed by atoms with van der Waals surface area (Å²) in [4.78, 5) is 31.0. The lowest BCUT2D eigenvalue weighted by Gasteiger charge is -2.25. The fraction of sp³-hybridized carbons (Fsp3) is 0.333. The Morgan fingerprint density at radius 2 is 2.06 bits per heavy atom. The van der Waals surface area contributed by atoms with Gasteiger partial charge in [0.1, 0.15) is 5.82 Å². The van der Waals surface area contributed by atoms with Gasteiger partial charge in [-0.15, -0.1) is 10.2 Å². The van der Waals surface area contributed by atoms with Crippen LogP contribution in [0.15, 0.2) is 41.2 Å². The molecule has 2 aromatic carbocycles. The number of fused-ring (bicyclic) bond motifs is 4. The number of halogens is 1. The molecule has 0 saturated heterocycles. The van der Waals surface area contributed by atoms with E-state index in [2.05, 4.69) is 15.2 Å². The van der Waals surface area contributed by atoms with E-state index in [1.54, 1.807) is 30.2 Å². The number of aromatic nitrogens is 4. The number of carbonyl (C=O) groups excluding carboxylic acids is 1. The van der Waals surface area contributed by atoms with Gasteiger partial charge in [0.15, 0.2) is 0 Å². The number of benzene rings is 2. The molecule has 3 heterocycles. The first-order valence-electron chi connectivity index (χ1n) is 11.1. The quantitative estimate of drug-likeness (QED) is 0.498. The highest BCUT2D eigenvalue weighted by molar-refractivity contribution is 6.30. The van der Waals surface area contributed by atoms with Gasteiger partial charge in [-0.2, -0.15) is 0 Å². The average molecular weight is 464 g/mol. The molecule has 1 N–H and O–H groups in total. The summed E-state index contributed by atoms with van der Waals surface area (Å²) in [5, 5.41) is 9.07. The predicted octanol–water partition coefficient (Wildman–Crippen LogP) is 3.71. The number of anilines is 1. The molecule has 2 aliphatic rings. The van der Waals surface area contributed by atoms with Gasteiger partial charge in [0.05, 0.1) is 23.7 Å². The van der Waals surface area contributed by atoms with Crippen molar-refractivity contribution in [2.75, 3.05) is 18.6 Å². The van der Waals surface area contributed by atoms with E-state index in [4.69, 9.17) is 16.3 Å². The van der Waals surface area contributed by atoms with E-state index in [-0.39, 0.29) is 23.2 Å². The van der Waals surface area contributed by atoms with Crippen molar-refractivity contribution in [2.45, 2.75) is 37.6 Å². The van der Waals surface area contributed by atoms with Gasteiger partial charge in [0.25, 0.3) is 11.5 Å². The van der Waals surface area contributed by atoms with E-state index in [1.807, 2.05) is 22.6 Å². The molecule has 1 amide bonds. The summed E-state index contributed by atoms with van der Waals surface area (Å²) >= 11 is 6.18. The first-order chi connectivity index (χ1) is 16.0. The maximum atomic E-state index is 13.7. The number of hydrogen-bond acceptors (Lipinski definition) is 5. The lowest BCUT2D eigenvalue weighted by atomic mass is 9.85. The van der Waals surface area contributed by atoms with E-state index >= 15 is 0 Å². The standard InChI is InChI=1S/C24H22ClN5O3/c1-33-12-17-10-15-9-16(25)6-8-19(15)29(17)24(32)14-5-7-20-18(11-14)26-23(31)22-28-27-21(30(20)22)13-3-2-4-13/h5-9,11,13,17H,2-4,10,12H2,1H3,(H,26,31). The largest absolute Gasteiger partial charge is 0.383 e. The van der Waals surface area contributed by atoms with Gasteiger partial charge in [0.2, 0.25) is 5.65 Å². The third-order valence-corrected chi connectivity index (χ3v) is 7.03. The Balaban J connectivity index is 1.46. The van der Waals surface area contributed by atoms with Crippen molar-refractivity contribution in [3.63, 3.8) is 0 Å². The molecule has 1 fully saturated rings. The van der Waals surface area contributed by atoms with Crippen LogP contribution >= 0.6 is 11.6 Å². The summed E-state index contributed by atoms with van der Waals surface area (Å²) in [7, 11) is 1.63. The molecule has 1 aliphatic carbocycles. The topological polar surface area (TPSA) is 92.6 Å². The van der Waals surface area contributed by atoms with Crippen molar-refractivity contribution in [3.8, 4) is 0 Å². The minimum Gasteiger partial charge on any atom is -0.383 e. The molecule has 33 heavy (non-hydrogen) atoms. The van der Waals surface area contributed by atoms with Crippen molar-refractivity contribution in [3.05, 3.63) is 68.7 Å². The molecule has 0 spiro atoms. The highest BCUT2D eigenvalue weighted by Crippen LogP contribution is 2.37. The fourth-order valence-electron chi connectivity index (χ4n) is 4.99. The lowest BCUT2D eigenvalue weighted by molar-refractivity contribution is 0.0957. The molecule has 0 bridgehead atoms. The maximum absolute atomic E-state index is 13.7. The van der Waals surface area contributed by atoms with Crippen molar-refractivity contribution in [1.82, 2.24) is 19.6 Å². The van der Waals surface area contributed by atoms with E-state index < -0.39 is 0 Å². The minimum absolute atomic E-state index is 0.128. The number of H-pyrrole nitrogens is 1. The van der Waals surface area contributed by atoms with Crippen LogP contribution in [-0.2, 0) is 11.2 Å². The third kappa shape index (κ3) is 3.16. The number of carbonyl (C=O) groups is 1. The van der Waals surface area contributed by atoms with Gasteiger partial charge in [-0.3, -0.25) is 14.0 Å². The Morgan fingerprint density at radius 3 is 2.82 bits per heavy atom. The summed E-state index contributed by atoms with van der Waals surface area (Å²) in [6.07, 6.45) is 3.92. The molecule has 1 saturated carbocycles. The number of nitrogens with one attached hydrogen (secondary N) is 1. The number of hydrogen-bond donors (Lipinski definition) is 1. The minimum atomic E-state index is -0.316. The Labute approximate surface area is 194 Å². The number of aromatic amines is 1. The van der Waals surface area contributed by atoms with Crippen LogP contribution in [0.25, 0.3) is 16.7 Å². The predicted molar refractivity (Wildman–Crippen MR) is 125 cm³/mol. The van der Waals surface area contributed by atoms with Gasteiger partial charge < -0.3 is 14.6 Å². The highest BCUT2D eigenvalue weighted by atomic mass is 35.5. The molecular formula is C24H22ClN5O3. The molecule has 1 aliphatic heterocycles. The van der Waals surface area contributed by atoms with Crippen LogP contribution in [0, 0.1) is 0 Å². The van der Waals surface area contributed by atoms with E-state index in [0.717, 1.165) is 41.9 Å². The molecule has 1 atom stereocenters. The molecule has 4 aromatic rings. The highest BCUT2D eigenvalue weighted by Gasteiger charge is 2.35. The van der Waals surface area contributed by atoms with E-state index in [0.29, 0.717) is 35.0 Å². The molecule has 1 unspecified atom stereocenters. The monoisotopic (exact) mass is 463 g/mol. The second kappa shape index (κ2) is 7.67. The summed E-state index contributed by atoms with van der Waals surface area (Å²) in [6, 6.07) is 10.8. The Hall–Kier alpha value is -3.23. The van der Waals surface area contributed by atoms with Crippen LogP contribution in [0.4, 0.5) is 5.69 Å². The van der Waals surface area contributed by atoms with Gasteiger partial charge in [-0.25, -0.2) is 0 Å². The second-order valence-corrected chi connectivity index (χ2v) is 9.23. The summed E-state index contributed by atoms with van der Waals surface area (Å²) < 4.78 is 7.23. The van der Waals surface area contributed by atoms with E-state index in [9.17, 15) is 9.59 Å². The smallest absolute Gasteiger partial charge is 0.294 e. The number of amides is 1. The van der Waals surface area contributed by atoms with Gasteiger partial charge in [-0.1, -0.05) is 18.0 Å². The zero-order valence-electron chi connectivity index (χ0n) is 18.0. The Bertz CT molecular complexity index is 1470. The summed E-state index contributed by atoms with van der Waals surface area (Å²) in [6.45, 7) is 0.411. The van der Waals surface area contributed by atoms with Gasteiger partial charge >= 0.3 is 0 Å². The van der Waals surface area contributed by atoms with Crippen molar-refractivity contribution < 1.29 is 9.53 Å². The molecule has 168 valence electrons. The van der Waals surface area contributed by atoms with Crippen LogP contribution in [0.3, 0.4) is 0 Å². The van der Waals surface area contributed by atoms with Crippen LogP contribution in [-0.4, -0.2) is 45.2 Å². The average Bonchev–Trinajstić information content (AvgIpc) is 3.34. The molecule has 2 aromatic heterocycles. The van der Waals surface area contributed by atoms with Crippen LogP contribution < -0.4 is 10.5 Å². The molecule has 9 heteroatoms. The zero-order chi connectivity index (χ0) is 22.7. The number of rotatable bonds is 4. The molecule has 6 rings (SSSR count). The fourth-order valence-corrected chi connectivity index (χ4v) is 5.18. The number of ether oxygens (including phenoxy) is 1. The SMILES string of the molecule is COCC1Cc2cc(Cl)ccc2N1C(=O)c1ccc2c(c1)[nH]c(=O)c1nnc(C3CCC3)n12. The first kappa shape index (κ1) is 20.4.